The zero-order chi connectivity index (χ0) is 15.4. The fraction of sp³-hybridized carbons (Fsp3) is 0.429. The second kappa shape index (κ2) is 6.45. The van der Waals surface area contributed by atoms with E-state index in [4.69, 9.17) is 0 Å². The molecule has 0 spiro atoms. The third-order valence-corrected chi connectivity index (χ3v) is 3.50. The van der Waals surface area contributed by atoms with Gasteiger partial charge in [0.25, 0.3) is 5.69 Å². The molecule has 1 amide bonds. The molecule has 7 nitrogen and oxygen atoms in total. The van der Waals surface area contributed by atoms with E-state index in [2.05, 4.69) is 0 Å². The Hall–Kier alpha value is -2.28. The van der Waals surface area contributed by atoms with Gasteiger partial charge in [-0.1, -0.05) is 12.1 Å². The highest BCUT2D eigenvalue weighted by Gasteiger charge is 2.21. The van der Waals surface area contributed by atoms with Crippen molar-refractivity contribution >= 4 is 17.4 Å². The number of hydrogen-bond acceptors (Lipinski definition) is 5. The van der Waals surface area contributed by atoms with Gasteiger partial charge in [-0.2, -0.15) is 0 Å². The molecule has 0 unspecified atom stereocenters. The van der Waals surface area contributed by atoms with Crippen molar-refractivity contribution in [2.75, 3.05) is 33.2 Å². The maximum absolute atomic E-state index is 12.2. The first-order chi connectivity index (χ1) is 9.97. The lowest BCUT2D eigenvalue weighted by Crippen LogP contribution is -2.37. The average Bonchev–Trinajstić information content (AvgIpc) is 2.61. The predicted molar refractivity (Wildman–Crippen MR) is 76.1 cm³/mol. The second-order valence-electron chi connectivity index (χ2n) is 5.11. The van der Waals surface area contributed by atoms with Crippen molar-refractivity contribution in [3.8, 4) is 0 Å². The molecule has 112 valence electrons. The van der Waals surface area contributed by atoms with Crippen LogP contribution in [0.1, 0.15) is 16.8 Å². The van der Waals surface area contributed by atoms with Gasteiger partial charge >= 0.3 is 0 Å². The average molecular weight is 291 g/mol. The minimum absolute atomic E-state index is 0.0145. The summed E-state index contributed by atoms with van der Waals surface area (Å²) in [7, 11) is 1.74. The molecule has 0 saturated carbocycles. The summed E-state index contributed by atoms with van der Waals surface area (Å²) in [5.74, 6) is -0.226. The van der Waals surface area contributed by atoms with Crippen LogP contribution in [0.3, 0.4) is 0 Å². The molecule has 1 aromatic carbocycles. The molecule has 2 rings (SSSR count). The van der Waals surface area contributed by atoms with Gasteiger partial charge in [0.1, 0.15) is 0 Å². The fourth-order valence-corrected chi connectivity index (χ4v) is 2.27. The van der Waals surface area contributed by atoms with E-state index in [0.717, 1.165) is 6.42 Å². The molecule has 1 heterocycles. The van der Waals surface area contributed by atoms with E-state index < -0.39 is 4.92 Å². The van der Waals surface area contributed by atoms with Crippen LogP contribution in [0.15, 0.2) is 24.3 Å². The fourth-order valence-electron chi connectivity index (χ4n) is 2.27. The van der Waals surface area contributed by atoms with Crippen LogP contribution in [0.5, 0.6) is 0 Å². The van der Waals surface area contributed by atoms with E-state index >= 15 is 0 Å². The Morgan fingerprint density at radius 3 is 2.86 bits per heavy atom. The first kappa shape index (κ1) is 15.1. The summed E-state index contributed by atoms with van der Waals surface area (Å²) in [6, 6.07) is 5.67. The van der Waals surface area contributed by atoms with Crippen LogP contribution < -0.4 is 0 Å². The smallest absolute Gasteiger partial charge is 0.270 e. The van der Waals surface area contributed by atoms with E-state index in [-0.39, 0.29) is 30.5 Å². The van der Waals surface area contributed by atoms with Crippen LogP contribution >= 0.6 is 0 Å². The molecule has 21 heavy (non-hydrogen) atoms. The lowest BCUT2D eigenvalue weighted by molar-refractivity contribution is -0.384. The van der Waals surface area contributed by atoms with Crippen molar-refractivity contribution in [2.45, 2.75) is 6.42 Å². The minimum atomic E-state index is -0.527. The van der Waals surface area contributed by atoms with Crippen molar-refractivity contribution in [1.29, 1.82) is 0 Å². The summed E-state index contributed by atoms with van der Waals surface area (Å²) in [5, 5.41) is 10.7. The summed E-state index contributed by atoms with van der Waals surface area (Å²) >= 11 is 0. The molecule has 1 fully saturated rings. The lowest BCUT2D eigenvalue weighted by atomic mass is 10.1. The summed E-state index contributed by atoms with van der Waals surface area (Å²) in [5.41, 5.74) is 0.196. The number of amides is 1. The largest absolute Gasteiger partial charge is 0.345 e. The number of non-ortho nitro benzene ring substituents is 1. The van der Waals surface area contributed by atoms with Crippen molar-refractivity contribution in [2.24, 2.45) is 0 Å². The van der Waals surface area contributed by atoms with E-state index in [9.17, 15) is 19.7 Å². The molecule has 1 aliphatic rings. The van der Waals surface area contributed by atoms with Crippen LogP contribution in [0.2, 0.25) is 0 Å². The standard InChI is InChI=1S/C14H17N3O4/c1-15-6-3-7-16(10-14(15)19)9-13(18)11-4-2-5-12(8-11)17(20)21/h2,4-5,8H,3,6-7,9-10H2,1H3. The Morgan fingerprint density at radius 1 is 1.38 bits per heavy atom. The van der Waals surface area contributed by atoms with Gasteiger partial charge < -0.3 is 4.90 Å². The van der Waals surface area contributed by atoms with Gasteiger partial charge in [-0.05, 0) is 6.42 Å². The molecule has 7 heteroatoms. The van der Waals surface area contributed by atoms with E-state index in [0.29, 0.717) is 18.7 Å². The van der Waals surface area contributed by atoms with E-state index in [1.165, 1.54) is 18.2 Å². The van der Waals surface area contributed by atoms with E-state index in [1.807, 2.05) is 0 Å². The maximum atomic E-state index is 12.2. The number of rotatable bonds is 4. The van der Waals surface area contributed by atoms with Crippen molar-refractivity contribution in [3.63, 3.8) is 0 Å². The first-order valence-corrected chi connectivity index (χ1v) is 6.71. The van der Waals surface area contributed by atoms with Crippen molar-refractivity contribution in [3.05, 3.63) is 39.9 Å². The van der Waals surface area contributed by atoms with Crippen LogP contribution in [-0.4, -0.2) is 59.6 Å². The normalized spacial score (nSPS) is 16.6. The highest BCUT2D eigenvalue weighted by molar-refractivity contribution is 5.98. The van der Waals surface area contributed by atoms with Gasteiger partial charge in [-0.15, -0.1) is 0 Å². The summed E-state index contributed by atoms with van der Waals surface area (Å²) in [4.78, 5) is 37.6. The number of ketones is 1. The first-order valence-electron chi connectivity index (χ1n) is 6.71. The molecule has 1 aromatic rings. The highest BCUT2D eigenvalue weighted by Crippen LogP contribution is 2.14. The molecule has 0 aliphatic carbocycles. The number of nitrogens with zero attached hydrogens (tertiary/aromatic N) is 3. The van der Waals surface area contributed by atoms with Gasteiger partial charge in [0.05, 0.1) is 18.0 Å². The number of carbonyl (C=O) groups excluding carboxylic acids is 2. The predicted octanol–water partition coefficient (Wildman–Crippen LogP) is 0.942. The molecule has 0 aromatic heterocycles. The van der Waals surface area contributed by atoms with Gasteiger partial charge in [0.15, 0.2) is 5.78 Å². The molecular weight excluding hydrogens is 274 g/mol. The number of hydrogen-bond donors (Lipinski definition) is 0. The molecule has 1 saturated heterocycles. The van der Waals surface area contributed by atoms with Crippen LogP contribution in [0.4, 0.5) is 5.69 Å². The molecule has 0 N–H and O–H groups in total. The summed E-state index contributed by atoms with van der Waals surface area (Å²) < 4.78 is 0. The molecule has 0 atom stereocenters. The zero-order valence-corrected chi connectivity index (χ0v) is 11.8. The van der Waals surface area contributed by atoms with Gasteiger partial charge in [0.2, 0.25) is 5.91 Å². The monoisotopic (exact) mass is 291 g/mol. The molecule has 0 radical (unpaired) electrons. The number of likely N-dealkylation sites (N-methyl/N-ethyl adjacent to an activating group) is 1. The molecule has 1 aliphatic heterocycles. The highest BCUT2D eigenvalue weighted by atomic mass is 16.6. The van der Waals surface area contributed by atoms with Crippen LogP contribution in [-0.2, 0) is 4.79 Å². The van der Waals surface area contributed by atoms with Crippen molar-refractivity contribution < 1.29 is 14.5 Å². The summed E-state index contributed by atoms with van der Waals surface area (Å²) in [6.45, 7) is 1.65. The second-order valence-corrected chi connectivity index (χ2v) is 5.11. The zero-order valence-electron chi connectivity index (χ0n) is 11.8. The van der Waals surface area contributed by atoms with E-state index in [1.54, 1.807) is 22.9 Å². The maximum Gasteiger partial charge on any atom is 0.270 e. The minimum Gasteiger partial charge on any atom is -0.345 e. The van der Waals surface area contributed by atoms with Gasteiger partial charge in [0, 0.05) is 37.8 Å². The number of nitro benzene ring substituents is 1. The Labute approximate surface area is 122 Å². The molecular formula is C14H17N3O4. The lowest BCUT2D eigenvalue weighted by Gasteiger charge is -2.18. The molecule has 0 bridgehead atoms. The van der Waals surface area contributed by atoms with Gasteiger partial charge in [-0.3, -0.25) is 24.6 Å². The Bertz CT molecular complexity index is 573. The quantitative estimate of drug-likeness (QED) is 0.468. The number of nitro groups is 1. The third kappa shape index (κ3) is 3.85. The SMILES string of the molecule is CN1CCCN(CC(=O)c2cccc([N+](=O)[O-])c2)CC1=O. The Balaban J connectivity index is 2.05. The van der Waals surface area contributed by atoms with Crippen LogP contribution in [0, 0.1) is 10.1 Å². The van der Waals surface area contributed by atoms with Crippen LogP contribution in [0.25, 0.3) is 0 Å². The number of carbonyl (C=O) groups is 2. The number of Topliss-reactive ketones (excluding diaryl/α,β-unsaturated/α-hetero) is 1. The topological polar surface area (TPSA) is 83.8 Å². The Morgan fingerprint density at radius 2 is 2.14 bits per heavy atom. The van der Waals surface area contributed by atoms with Crippen molar-refractivity contribution in [1.82, 2.24) is 9.80 Å². The van der Waals surface area contributed by atoms with Gasteiger partial charge in [-0.25, -0.2) is 0 Å². The third-order valence-electron chi connectivity index (χ3n) is 3.50. The number of benzene rings is 1. The summed E-state index contributed by atoms with van der Waals surface area (Å²) in [6.07, 6.45) is 0.810. The Kier molecular flexibility index (Phi) is 4.64.